The molecule has 0 spiro atoms. The molecule has 2 atom stereocenters. The predicted molar refractivity (Wildman–Crippen MR) is 116 cm³/mol. The lowest BCUT2D eigenvalue weighted by molar-refractivity contribution is -0.133. The van der Waals surface area contributed by atoms with Crippen LogP contribution in [0.25, 0.3) is 0 Å². The van der Waals surface area contributed by atoms with E-state index in [0.717, 1.165) is 18.4 Å². The van der Waals surface area contributed by atoms with Crippen LogP contribution < -0.4 is 15.5 Å². The Balaban J connectivity index is 1.83. The van der Waals surface area contributed by atoms with Crippen molar-refractivity contribution in [1.29, 1.82) is 0 Å². The maximum atomic E-state index is 13.2. The van der Waals surface area contributed by atoms with E-state index in [1.165, 1.54) is 9.21 Å². The van der Waals surface area contributed by atoms with Gasteiger partial charge in [0.25, 0.3) is 5.91 Å². The Hall–Kier alpha value is -2.66. The number of sulfonamides is 1. The van der Waals surface area contributed by atoms with Crippen LogP contribution in [0, 0.1) is 0 Å². The summed E-state index contributed by atoms with van der Waals surface area (Å²) in [6, 6.07) is 5.27. The van der Waals surface area contributed by atoms with E-state index in [1.54, 1.807) is 24.3 Å². The standard InChI is InChI=1S/C20H29N5O5S/c1-23(2)15-8-6-14(7-9-15)20(28)25-12-11-24(31(3,29)30)13-17(25)19(27)22-16-5-4-10-21-18(16)26/h6-9,16-17H,4-5,10-13H2,1-3H3,(H,21,26)(H,22,27)/t16-,17-/m1/s1. The van der Waals surface area contributed by atoms with E-state index in [9.17, 15) is 22.8 Å². The van der Waals surface area contributed by atoms with Gasteiger partial charge in [0.2, 0.25) is 21.8 Å². The van der Waals surface area contributed by atoms with E-state index in [1.807, 2.05) is 19.0 Å². The molecule has 170 valence electrons. The molecule has 0 aliphatic carbocycles. The van der Waals surface area contributed by atoms with Crippen molar-refractivity contribution < 1.29 is 22.8 Å². The second kappa shape index (κ2) is 9.23. The molecule has 0 unspecified atom stereocenters. The topological polar surface area (TPSA) is 119 Å². The molecule has 0 aromatic heterocycles. The first-order valence-corrected chi connectivity index (χ1v) is 12.0. The van der Waals surface area contributed by atoms with Gasteiger partial charge in [0, 0.05) is 51.5 Å². The summed E-state index contributed by atoms with van der Waals surface area (Å²) >= 11 is 0. The van der Waals surface area contributed by atoms with Gasteiger partial charge in [-0.2, -0.15) is 4.31 Å². The second-order valence-electron chi connectivity index (χ2n) is 8.07. The Morgan fingerprint density at radius 1 is 1.16 bits per heavy atom. The van der Waals surface area contributed by atoms with Crippen molar-refractivity contribution in [2.45, 2.75) is 24.9 Å². The van der Waals surface area contributed by atoms with Crippen LogP contribution >= 0.6 is 0 Å². The minimum Gasteiger partial charge on any atom is -0.378 e. The lowest BCUT2D eigenvalue weighted by Crippen LogP contribution is -2.63. The Labute approximate surface area is 182 Å². The number of carbonyl (C=O) groups is 3. The molecule has 0 radical (unpaired) electrons. The van der Waals surface area contributed by atoms with Crippen molar-refractivity contribution >= 4 is 33.4 Å². The molecule has 10 nitrogen and oxygen atoms in total. The van der Waals surface area contributed by atoms with Gasteiger partial charge in [0.1, 0.15) is 12.1 Å². The smallest absolute Gasteiger partial charge is 0.254 e. The molecule has 0 saturated carbocycles. The lowest BCUT2D eigenvalue weighted by Gasteiger charge is -2.40. The van der Waals surface area contributed by atoms with E-state index in [0.29, 0.717) is 18.5 Å². The van der Waals surface area contributed by atoms with Gasteiger partial charge in [-0.15, -0.1) is 0 Å². The number of carbonyl (C=O) groups excluding carboxylic acids is 3. The summed E-state index contributed by atoms with van der Waals surface area (Å²) in [6.45, 7) is 0.592. The van der Waals surface area contributed by atoms with Gasteiger partial charge in [-0.3, -0.25) is 14.4 Å². The zero-order valence-corrected chi connectivity index (χ0v) is 18.8. The molecule has 1 aromatic rings. The van der Waals surface area contributed by atoms with Gasteiger partial charge in [0.05, 0.1) is 6.26 Å². The SMILES string of the molecule is CN(C)c1ccc(C(=O)N2CCN(S(C)(=O)=O)C[C@@H]2C(=O)N[C@@H]2CCCNC2=O)cc1. The van der Waals surface area contributed by atoms with Crippen LogP contribution in [-0.4, -0.2) is 94.0 Å². The van der Waals surface area contributed by atoms with Crippen LogP contribution in [0.2, 0.25) is 0 Å². The number of benzene rings is 1. The fourth-order valence-electron chi connectivity index (χ4n) is 3.77. The van der Waals surface area contributed by atoms with Crippen LogP contribution in [0.4, 0.5) is 5.69 Å². The number of hydrogen-bond acceptors (Lipinski definition) is 6. The van der Waals surface area contributed by atoms with E-state index >= 15 is 0 Å². The lowest BCUT2D eigenvalue weighted by atomic mass is 10.0. The highest BCUT2D eigenvalue weighted by Crippen LogP contribution is 2.19. The van der Waals surface area contributed by atoms with E-state index in [2.05, 4.69) is 10.6 Å². The van der Waals surface area contributed by atoms with Crippen molar-refractivity contribution in [3.8, 4) is 0 Å². The third-order valence-electron chi connectivity index (χ3n) is 5.61. The van der Waals surface area contributed by atoms with Crippen molar-refractivity contribution in [1.82, 2.24) is 19.8 Å². The molecular weight excluding hydrogens is 422 g/mol. The second-order valence-corrected chi connectivity index (χ2v) is 10.1. The zero-order valence-electron chi connectivity index (χ0n) is 18.0. The normalized spacial score (nSPS) is 22.5. The zero-order chi connectivity index (χ0) is 22.8. The highest BCUT2D eigenvalue weighted by molar-refractivity contribution is 7.88. The monoisotopic (exact) mass is 451 g/mol. The van der Waals surface area contributed by atoms with Crippen LogP contribution in [0.5, 0.6) is 0 Å². The number of piperazine rings is 1. The minimum atomic E-state index is -3.53. The van der Waals surface area contributed by atoms with Gasteiger partial charge in [-0.1, -0.05) is 0 Å². The number of nitrogens with zero attached hydrogens (tertiary/aromatic N) is 3. The predicted octanol–water partition coefficient (Wildman–Crippen LogP) is -0.767. The molecule has 2 aliphatic heterocycles. The van der Waals surface area contributed by atoms with Crippen molar-refractivity contribution in [3.63, 3.8) is 0 Å². The quantitative estimate of drug-likeness (QED) is 0.607. The van der Waals surface area contributed by atoms with Crippen molar-refractivity contribution in [3.05, 3.63) is 29.8 Å². The fourth-order valence-corrected chi connectivity index (χ4v) is 4.60. The number of hydrogen-bond donors (Lipinski definition) is 2. The minimum absolute atomic E-state index is 0.0796. The van der Waals surface area contributed by atoms with Crippen LogP contribution in [-0.2, 0) is 19.6 Å². The number of amides is 3. The average molecular weight is 452 g/mol. The summed E-state index contributed by atoms with van der Waals surface area (Å²) in [5.74, 6) is -1.16. The van der Waals surface area contributed by atoms with Crippen LogP contribution in [0.15, 0.2) is 24.3 Å². The van der Waals surface area contributed by atoms with Crippen molar-refractivity contribution in [2.75, 3.05) is 51.4 Å². The van der Waals surface area contributed by atoms with Gasteiger partial charge >= 0.3 is 0 Å². The van der Waals surface area contributed by atoms with E-state index in [4.69, 9.17) is 0 Å². The molecule has 3 amide bonds. The Kier molecular flexibility index (Phi) is 6.85. The molecule has 2 saturated heterocycles. The third-order valence-corrected chi connectivity index (χ3v) is 6.88. The number of nitrogens with one attached hydrogen (secondary N) is 2. The molecule has 31 heavy (non-hydrogen) atoms. The number of piperidine rings is 1. The third kappa shape index (κ3) is 5.34. The summed E-state index contributed by atoms with van der Waals surface area (Å²) in [5, 5.41) is 5.40. The van der Waals surface area contributed by atoms with Crippen LogP contribution in [0.1, 0.15) is 23.2 Å². The van der Waals surface area contributed by atoms with Gasteiger partial charge in [-0.05, 0) is 37.1 Å². The molecule has 3 rings (SSSR count). The average Bonchev–Trinajstić information content (AvgIpc) is 2.73. The van der Waals surface area contributed by atoms with Crippen LogP contribution in [0.3, 0.4) is 0 Å². The summed E-state index contributed by atoms with van der Waals surface area (Å²) < 4.78 is 25.3. The summed E-state index contributed by atoms with van der Waals surface area (Å²) in [5.41, 5.74) is 1.34. The molecule has 2 N–H and O–H groups in total. The summed E-state index contributed by atoms with van der Waals surface area (Å²) in [4.78, 5) is 41.6. The van der Waals surface area contributed by atoms with Crippen molar-refractivity contribution in [2.24, 2.45) is 0 Å². The fraction of sp³-hybridized carbons (Fsp3) is 0.550. The largest absolute Gasteiger partial charge is 0.378 e. The highest BCUT2D eigenvalue weighted by Gasteiger charge is 2.39. The highest BCUT2D eigenvalue weighted by atomic mass is 32.2. The van der Waals surface area contributed by atoms with Gasteiger partial charge in [-0.25, -0.2) is 8.42 Å². The molecule has 2 aliphatic rings. The maximum Gasteiger partial charge on any atom is 0.254 e. The molecular formula is C20H29N5O5S. The first-order chi connectivity index (χ1) is 14.6. The number of anilines is 1. The first kappa shape index (κ1) is 23.0. The Morgan fingerprint density at radius 3 is 2.42 bits per heavy atom. The van der Waals surface area contributed by atoms with Gasteiger partial charge < -0.3 is 20.4 Å². The van der Waals surface area contributed by atoms with E-state index in [-0.39, 0.29) is 31.4 Å². The molecule has 2 fully saturated rings. The maximum absolute atomic E-state index is 13.2. The Bertz CT molecular complexity index is 947. The molecule has 1 aromatic carbocycles. The Morgan fingerprint density at radius 2 is 1.84 bits per heavy atom. The first-order valence-electron chi connectivity index (χ1n) is 10.2. The van der Waals surface area contributed by atoms with Gasteiger partial charge in [0.15, 0.2) is 0 Å². The molecule has 11 heteroatoms. The summed E-state index contributed by atoms with van der Waals surface area (Å²) in [7, 11) is 0.249. The summed E-state index contributed by atoms with van der Waals surface area (Å²) in [6.07, 6.45) is 2.31. The number of rotatable bonds is 5. The molecule has 2 heterocycles. The van der Waals surface area contributed by atoms with E-state index < -0.39 is 28.0 Å². The molecule has 0 bridgehead atoms.